The first-order chi connectivity index (χ1) is 22.1. The van der Waals surface area contributed by atoms with Crippen molar-refractivity contribution >= 4 is 17.5 Å². The largest absolute Gasteiger partial charge is 0.497 e. The summed E-state index contributed by atoms with van der Waals surface area (Å²) in [6.07, 6.45) is 4.05. The van der Waals surface area contributed by atoms with E-state index in [2.05, 4.69) is 29.8 Å². The Morgan fingerprint density at radius 3 is 2.26 bits per heavy atom. The highest BCUT2D eigenvalue weighted by Gasteiger charge is 2.37. The van der Waals surface area contributed by atoms with E-state index in [0.29, 0.717) is 66.2 Å². The first-order valence-electron chi connectivity index (χ1n) is 15.9. The zero-order chi connectivity index (χ0) is 32.8. The summed E-state index contributed by atoms with van der Waals surface area (Å²) in [4.78, 5) is 48.0. The van der Waals surface area contributed by atoms with Gasteiger partial charge < -0.3 is 14.4 Å². The van der Waals surface area contributed by atoms with Crippen LogP contribution in [-0.4, -0.2) is 72.7 Å². The molecule has 2 saturated heterocycles. The molecule has 0 N–H and O–H groups in total. The van der Waals surface area contributed by atoms with Crippen molar-refractivity contribution in [3.63, 3.8) is 0 Å². The van der Waals surface area contributed by atoms with Crippen molar-refractivity contribution in [2.45, 2.75) is 46.1 Å². The van der Waals surface area contributed by atoms with E-state index in [1.807, 2.05) is 12.1 Å². The maximum atomic E-state index is 13.3. The topological polar surface area (TPSA) is 113 Å². The minimum absolute atomic E-state index is 0.0349. The number of benzene rings is 2. The Labute approximate surface area is 271 Å². The molecule has 3 aromatic rings. The average molecular weight is 623 g/mol. The molecule has 9 nitrogen and oxygen atoms in total. The highest BCUT2D eigenvalue weighted by atomic mass is 16.5. The molecule has 2 aromatic carbocycles. The number of methoxy groups -OCH3 is 2. The number of nitrogens with zero attached hydrogens (tertiary/aromatic N) is 4. The molecule has 1 aromatic heterocycles. The van der Waals surface area contributed by atoms with E-state index >= 15 is 0 Å². The summed E-state index contributed by atoms with van der Waals surface area (Å²) in [5.41, 5.74) is 3.02. The minimum Gasteiger partial charge on any atom is -0.497 e. The summed E-state index contributed by atoms with van der Waals surface area (Å²) in [6.45, 7) is 7.87. The normalized spacial score (nSPS) is 18.4. The molecule has 3 heterocycles. The Morgan fingerprint density at radius 2 is 1.65 bits per heavy atom. The van der Waals surface area contributed by atoms with Gasteiger partial charge in [-0.05, 0) is 91.2 Å². The maximum absolute atomic E-state index is 13.3. The van der Waals surface area contributed by atoms with Gasteiger partial charge in [-0.1, -0.05) is 19.9 Å². The number of piperidine rings is 2. The SMILES string of the molecule is COc1ccc(C(=O)C2CCN(C(=O)c3ccc(C(=O)CC4CCN(Cc5ccc(C#N)c(OC)c5)CC4(C)C)cn3)CC2)cc1. The van der Waals surface area contributed by atoms with Crippen molar-refractivity contribution in [1.29, 1.82) is 5.26 Å². The molecule has 2 aliphatic rings. The van der Waals surface area contributed by atoms with Crippen molar-refractivity contribution in [1.82, 2.24) is 14.8 Å². The Bertz CT molecular complexity index is 1600. The van der Waals surface area contributed by atoms with E-state index in [0.717, 1.165) is 31.6 Å². The maximum Gasteiger partial charge on any atom is 0.272 e. The third-order valence-corrected chi connectivity index (χ3v) is 9.59. The van der Waals surface area contributed by atoms with Crippen molar-refractivity contribution in [2.24, 2.45) is 17.3 Å². The van der Waals surface area contributed by atoms with Crippen LogP contribution in [0.1, 0.15) is 81.9 Å². The van der Waals surface area contributed by atoms with E-state index in [1.54, 1.807) is 61.6 Å². The first-order valence-corrected chi connectivity index (χ1v) is 15.9. The van der Waals surface area contributed by atoms with Crippen LogP contribution in [0.3, 0.4) is 0 Å². The van der Waals surface area contributed by atoms with Crippen molar-refractivity contribution < 1.29 is 23.9 Å². The lowest BCUT2D eigenvalue weighted by molar-refractivity contribution is 0.0430. The zero-order valence-corrected chi connectivity index (χ0v) is 27.1. The fraction of sp³-hybridized carbons (Fsp3) is 0.432. The molecule has 1 unspecified atom stereocenters. The van der Waals surface area contributed by atoms with Crippen LogP contribution in [0.4, 0.5) is 0 Å². The summed E-state index contributed by atoms with van der Waals surface area (Å²) >= 11 is 0. The molecule has 0 spiro atoms. The van der Waals surface area contributed by atoms with Gasteiger partial charge in [-0.3, -0.25) is 24.3 Å². The number of rotatable bonds is 10. The summed E-state index contributed by atoms with van der Waals surface area (Å²) in [5.74, 6) is 1.34. The smallest absolute Gasteiger partial charge is 0.272 e. The van der Waals surface area contributed by atoms with Crippen LogP contribution in [0.15, 0.2) is 60.8 Å². The van der Waals surface area contributed by atoms with Crippen LogP contribution in [-0.2, 0) is 6.54 Å². The summed E-state index contributed by atoms with van der Waals surface area (Å²) < 4.78 is 10.6. The van der Waals surface area contributed by atoms with Crippen LogP contribution in [0.5, 0.6) is 11.5 Å². The molecule has 240 valence electrons. The van der Waals surface area contributed by atoms with Gasteiger partial charge in [0.25, 0.3) is 5.91 Å². The number of nitriles is 1. The molecule has 0 aliphatic carbocycles. The molecule has 1 atom stereocenters. The monoisotopic (exact) mass is 622 g/mol. The number of pyridine rings is 1. The van der Waals surface area contributed by atoms with Crippen LogP contribution < -0.4 is 9.47 Å². The minimum atomic E-state index is -0.178. The van der Waals surface area contributed by atoms with Crippen LogP contribution >= 0.6 is 0 Å². The van der Waals surface area contributed by atoms with E-state index in [-0.39, 0.29) is 34.7 Å². The number of carbonyl (C=O) groups excluding carboxylic acids is 3. The Balaban J connectivity index is 1.12. The number of likely N-dealkylation sites (tertiary alicyclic amines) is 2. The molecule has 46 heavy (non-hydrogen) atoms. The number of hydrogen-bond acceptors (Lipinski definition) is 8. The van der Waals surface area contributed by atoms with E-state index in [9.17, 15) is 19.6 Å². The number of amides is 1. The van der Waals surface area contributed by atoms with Gasteiger partial charge in [-0.25, -0.2) is 0 Å². The van der Waals surface area contributed by atoms with Gasteiger partial charge in [0.1, 0.15) is 23.3 Å². The van der Waals surface area contributed by atoms with Gasteiger partial charge in [0.15, 0.2) is 11.6 Å². The Hall–Kier alpha value is -4.55. The molecule has 0 radical (unpaired) electrons. The Kier molecular flexibility index (Phi) is 10.2. The van der Waals surface area contributed by atoms with E-state index < -0.39 is 0 Å². The van der Waals surface area contributed by atoms with Crippen LogP contribution in [0.2, 0.25) is 0 Å². The molecule has 9 heteroatoms. The number of Topliss-reactive ketones (excluding diaryl/α,β-unsaturated/α-hetero) is 2. The fourth-order valence-corrected chi connectivity index (χ4v) is 6.74. The molecular formula is C37H42N4O5. The molecule has 0 bridgehead atoms. The summed E-state index contributed by atoms with van der Waals surface area (Å²) in [7, 11) is 3.17. The third kappa shape index (κ3) is 7.45. The quantitative estimate of drug-likeness (QED) is 0.260. The van der Waals surface area contributed by atoms with Gasteiger partial charge in [-0.2, -0.15) is 5.26 Å². The molecular weight excluding hydrogens is 580 g/mol. The van der Waals surface area contributed by atoms with E-state index in [1.165, 1.54) is 6.20 Å². The van der Waals surface area contributed by atoms with Crippen molar-refractivity contribution in [3.05, 3.63) is 88.7 Å². The van der Waals surface area contributed by atoms with Crippen molar-refractivity contribution in [3.8, 4) is 17.6 Å². The molecule has 0 saturated carbocycles. The van der Waals surface area contributed by atoms with Crippen LogP contribution in [0, 0.1) is 28.6 Å². The van der Waals surface area contributed by atoms with Gasteiger partial charge in [0.2, 0.25) is 0 Å². The predicted octanol–water partition coefficient (Wildman–Crippen LogP) is 5.83. The lowest BCUT2D eigenvalue weighted by atomic mass is 9.71. The van der Waals surface area contributed by atoms with E-state index in [4.69, 9.17) is 9.47 Å². The van der Waals surface area contributed by atoms with Gasteiger partial charge >= 0.3 is 0 Å². The highest BCUT2D eigenvalue weighted by molar-refractivity contribution is 5.99. The number of ketones is 2. The van der Waals surface area contributed by atoms with Crippen molar-refractivity contribution in [2.75, 3.05) is 40.4 Å². The number of aromatic nitrogens is 1. The molecule has 5 rings (SSSR count). The van der Waals surface area contributed by atoms with Crippen LogP contribution in [0.25, 0.3) is 0 Å². The molecule has 2 fully saturated rings. The number of hydrogen-bond donors (Lipinski definition) is 0. The number of ether oxygens (including phenoxy) is 2. The fourth-order valence-electron chi connectivity index (χ4n) is 6.74. The second-order valence-corrected chi connectivity index (χ2v) is 13.0. The van der Waals surface area contributed by atoms with Gasteiger partial charge in [-0.15, -0.1) is 0 Å². The molecule has 1 amide bonds. The molecule has 2 aliphatic heterocycles. The first kappa shape index (κ1) is 32.8. The average Bonchev–Trinajstić information content (AvgIpc) is 3.08. The second-order valence-electron chi connectivity index (χ2n) is 13.0. The van der Waals surface area contributed by atoms with Gasteiger partial charge in [0, 0.05) is 55.8 Å². The number of carbonyl (C=O) groups is 3. The zero-order valence-electron chi connectivity index (χ0n) is 27.1. The highest BCUT2D eigenvalue weighted by Crippen LogP contribution is 2.38. The lowest BCUT2D eigenvalue weighted by Gasteiger charge is -2.44. The summed E-state index contributed by atoms with van der Waals surface area (Å²) in [6, 6.07) is 18.3. The lowest BCUT2D eigenvalue weighted by Crippen LogP contribution is -2.45. The standard InChI is InChI=1S/C37H42N4O5/c1-37(2)24-40(23-25-5-6-28(21-38)34(19-25)46-4)16-15-30(37)20-33(42)29-9-12-32(39-22-29)36(44)41-17-13-27(14-18-41)35(43)26-7-10-31(45-3)11-8-26/h5-12,19,22,27,30H,13-18,20,23-24H2,1-4H3. The second kappa shape index (κ2) is 14.3. The Morgan fingerprint density at radius 1 is 0.935 bits per heavy atom. The van der Waals surface area contributed by atoms with Gasteiger partial charge in [0.05, 0.1) is 19.8 Å². The third-order valence-electron chi connectivity index (χ3n) is 9.59. The predicted molar refractivity (Wildman–Crippen MR) is 174 cm³/mol. The summed E-state index contributed by atoms with van der Waals surface area (Å²) in [5, 5.41) is 9.27.